The minimum absolute atomic E-state index is 0.0505. The lowest BCUT2D eigenvalue weighted by Crippen LogP contribution is -2.24. The molecule has 0 bridgehead atoms. The van der Waals surface area contributed by atoms with E-state index in [0.717, 1.165) is 17.2 Å². The van der Waals surface area contributed by atoms with Gasteiger partial charge in [-0.15, -0.1) is 0 Å². The van der Waals surface area contributed by atoms with Crippen LogP contribution in [0.5, 0.6) is 0 Å². The largest absolute Gasteiger partial charge is 0.348 e. The summed E-state index contributed by atoms with van der Waals surface area (Å²) < 4.78 is 54.0. The summed E-state index contributed by atoms with van der Waals surface area (Å²) in [5, 5.41) is 2.82. The third-order valence-corrected chi connectivity index (χ3v) is 5.40. The number of aromatic nitrogens is 1. The van der Waals surface area contributed by atoms with Crippen LogP contribution in [0.15, 0.2) is 54.7 Å². The average molecular weight is 458 g/mol. The molecule has 33 heavy (non-hydrogen) atoms. The predicted molar refractivity (Wildman–Crippen MR) is 119 cm³/mol. The number of carbonyl (C=O) groups excluding carboxylic acids is 1. The molecule has 0 aliphatic rings. The number of nitrogens with zero attached hydrogens (tertiary/aromatic N) is 1. The van der Waals surface area contributed by atoms with Crippen molar-refractivity contribution in [1.82, 2.24) is 10.3 Å². The van der Waals surface area contributed by atoms with E-state index in [9.17, 15) is 22.4 Å². The number of halogens is 4. The summed E-state index contributed by atoms with van der Waals surface area (Å²) in [6.45, 7) is 4.86. The van der Waals surface area contributed by atoms with Crippen molar-refractivity contribution in [3.8, 4) is 0 Å². The molecule has 0 aliphatic carbocycles. The Labute approximate surface area is 190 Å². The van der Waals surface area contributed by atoms with E-state index >= 15 is 0 Å². The van der Waals surface area contributed by atoms with Crippen molar-refractivity contribution >= 4 is 5.91 Å². The second kappa shape index (κ2) is 10.1. The molecule has 0 radical (unpaired) electrons. The molecule has 0 unspecified atom stereocenters. The van der Waals surface area contributed by atoms with Gasteiger partial charge in [0.1, 0.15) is 11.6 Å². The second-order valence-corrected chi connectivity index (χ2v) is 8.43. The minimum atomic E-state index is -3.26. The zero-order chi connectivity index (χ0) is 24.2. The van der Waals surface area contributed by atoms with E-state index in [1.54, 1.807) is 12.1 Å². The first-order valence-electron chi connectivity index (χ1n) is 10.7. The number of alkyl halides is 2. The molecule has 0 saturated heterocycles. The highest BCUT2D eigenvalue weighted by molar-refractivity contribution is 5.95. The van der Waals surface area contributed by atoms with E-state index in [2.05, 4.69) is 10.3 Å². The van der Waals surface area contributed by atoms with Crippen LogP contribution in [0.3, 0.4) is 0 Å². The Morgan fingerprint density at radius 2 is 1.67 bits per heavy atom. The number of nitrogens with one attached hydrogen (secondary N) is 1. The molecule has 2 aromatic carbocycles. The van der Waals surface area contributed by atoms with Crippen LogP contribution < -0.4 is 5.32 Å². The number of hydrogen-bond acceptors (Lipinski definition) is 2. The minimum Gasteiger partial charge on any atom is -0.348 e. The molecule has 1 aromatic heterocycles. The van der Waals surface area contributed by atoms with Crippen molar-refractivity contribution in [3.05, 3.63) is 99.9 Å². The maximum Gasteiger partial charge on any atom is 0.273 e. The van der Waals surface area contributed by atoms with Crippen molar-refractivity contribution in [2.45, 2.75) is 52.0 Å². The van der Waals surface area contributed by atoms with Gasteiger partial charge in [0.25, 0.3) is 11.8 Å². The molecule has 0 fully saturated rings. The van der Waals surface area contributed by atoms with Gasteiger partial charge in [0.05, 0.1) is 11.1 Å². The fourth-order valence-electron chi connectivity index (χ4n) is 3.54. The number of rotatable bonds is 8. The number of pyridine rings is 1. The topological polar surface area (TPSA) is 42.0 Å². The third kappa shape index (κ3) is 6.40. The van der Waals surface area contributed by atoms with E-state index in [4.69, 9.17) is 0 Å². The fraction of sp³-hybridized carbons (Fsp3) is 0.308. The highest BCUT2D eigenvalue weighted by atomic mass is 19.3. The van der Waals surface area contributed by atoms with Crippen LogP contribution in [0, 0.1) is 11.6 Å². The van der Waals surface area contributed by atoms with Gasteiger partial charge in [0, 0.05) is 25.4 Å². The first-order valence-corrected chi connectivity index (χ1v) is 10.7. The van der Waals surface area contributed by atoms with Crippen molar-refractivity contribution < 1.29 is 22.4 Å². The van der Waals surface area contributed by atoms with E-state index in [-0.39, 0.29) is 24.2 Å². The maximum absolute atomic E-state index is 13.7. The lowest BCUT2D eigenvalue weighted by atomic mass is 9.95. The normalized spacial score (nSPS) is 11.6. The lowest BCUT2D eigenvalue weighted by molar-refractivity contribution is 0.0137. The van der Waals surface area contributed by atoms with Crippen LogP contribution in [0.4, 0.5) is 17.6 Å². The highest BCUT2D eigenvalue weighted by Gasteiger charge is 2.28. The molecule has 0 saturated carbocycles. The molecular formula is C26H26F4N2O. The maximum atomic E-state index is 13.7. The van der Waals surface area contributed by atoms with E-state index < -0.39 is 17.3 Å². The molecule has 0 aliphatic heterocycles. The highest BCUT2D eigenvalue weighted by Crippen LogP contribution is 2.30. The lowest BCUT2D eigenvalue weighted by Gasteiger charge is -2.15. The first kappa shape index (κ1) is 24.4. The molecule has 1 N–H and O–H groups in total. The Morgan fingerprint density at radius 1 is 1.00 bits per heavy atom. The van der Waals surface area contributed by atoms with Crippen LogP contribution >= 0.6 is 0 Å². The summed E-state index contributed by atoms with van der Waals surface area (Å²) in [6, 6.07) is 11.5. The van der Waals surface area contributed by atoms with Gasteiger partial charge < -0.3 is 5.32 Å². The molecule has 0 atom stereocenters. The van der Waals surface area contributed by atoms with E-state index in [1.165, 1.54) is 30.5 Å². The van der Waals surface area contributed by atoms with Gasteiger partial charge in [0.15, 0.2) is 0 Å². The van der Waals surface area contributed by atoms with Crippen LogP contribution in [0.1, 0.15) is 65.0 Å². The van der Waals surface area contributed by atoms with Crippen molar-refractivity contribution in [2.24, 2.45) is 0 Å². The number of aryl methyl sites for hydroxylation is 2. The van der Waals surface area contributed by atoms with Crippen molar-refractivity contribution in [2.75, 3.05) is 0 Å². The standard InChI is InChI=1S/C26H26F4N2O/c1-16(2)21-13-20(10-6-17-7-11-24(28)23(12-17)26(3,29)30)31-15-22(21)25(33)32-14-18-4-8-19(27)9-5-18/h4-5,7-9,11-13,15-16H,6,10,14H2,1-3H3,(H,32,33). The van der Waals surface area contributed by atoms with Gasteiger partial charge in [-0.25, -0.2) is 17.6 Å². The third-order valence-electron chi connectivity index (χ3n) is 5.40. The van der Waals surface area contributed by atoms with E-state index in [0.29, 0.717) is 36.6 Å². The average Bonchev–Trinajstić information content (AvgIpc) is 2.77. The second-order valence-electron chi connectivity index (χ2n) is 8.43. The van der Waals surface area contributed by atoms with Crippen LogP contribution in [-0.4, -0.2) is 10.9 Å². The molecule has 0 spiro atoms. The summed E-state index contributed by atoms with van der Waals surface area (Å²) in [5.74, 6) is -4.76. The van der Waals surface area contributed by atoms with Crippen LogP contribution in [-0.2, 0) is 25.3 Å². The quantitative estimate of drug-likeness (QED) is 0.402. The molecule has 3 aromatic rings. The number of hydrogen-bond donors (Lipinski definition) is 1. The first-order chi connectivity index (χ1) is 15.5. The van der Waals surface area contributed by atoms with Gasteiger partial charge >= 0.3 is 0 Å². The van der Waals surface area contributed by atoms with Gasteiger partial charge in [-0.1, -0.05) is 32.0 Å². The van der Waals surface area contributed by atoms with Crippen LogP contribution in [0.25, 0.3) is 0 Å². The van der Waals surface area contributed by atoms with Gasteiger partial charge in [-0.3, -0.25) is 9.78 Å². The summed E-state index contributed by atoms with van der Waals surface area (Å²) in [7, 11) is 0. The number of carbonyl (C=O) groups is 1. The molecule has 1 heterocycles. The molecule has 3 rings (SSSR count). The summed E-state index contributed by atoms with van der Waals surface area (Å²) in [4.78, 5) is 17.1. The molecule has 1 amide bonds. The Balaban J connectivity index is 1.72. The Morgan fingerprint density at radius 3 is 2.30 bits per heavy atom. The number of benzene rings is 2. The van der Waals surface area contributed by atoms with Gasteiger partial charge in [-0.05, 0) is 65.8 Å². The van der Waals surface area contributed by atoms with Crippen LogP contribution in [0.2, 0.25) is 0 Å². The Bertz CT molecular complexity index is 1120. The van der Waals surface area contributed by atoms with Gasteiger partial charge in [-0.2, -0.15) is 0 Å². The molecular weight excluding hydrogens is 432 g/mol. The monoisotopic (exact) mass is 458 g/mol. The van der Waals surface area contributed by atoms with Crippen molar-refractivity contribution in [1.29, 1.82) is 0 Å². The molecule has 7 heteroatoms. The van der Waals surface area contributed by atoms with E-state index in [1.807, 2.05) is 19.9 Å². The molecule has 3 nitrogen and oxygen atoms in total. The molecule has 174 valence electrons. The zero-order valence-electron chi connectivity index (χ0n) is 18.8. The summed E-state index contributed by atoms with van der Waals surface area (Å²) >= 11 is 0. The smallest absolute Gasteiger partial charge is 0.273 e. The SMILES string of the molecule is CC(C)c1cc(CCc2ccc(F)c(C(C)(F)F)c2)ncc1C(=O)NCc1ccc(F)cc1. The summed E-state index contributed by atoms with van der Waals surface area (Å²) in [5.41, 5.74) is 2.72. The van der Waals surface area contributed by atoms with Gasteiger partial charge in [0.2, 0.25) is 0 Å². The van der Waals surface area contributed by atoms with Crippen molar-refractivity contribution in [3.63, 3.8) is 0 Å². The Kier molecular flexibility index (Phi) is 7.51. The predicted octanol–water partition coefficient (Wildman–Crippen LogP) is 6.31. The Hall–Kier alpha value is -3.22. The fourth-order valence-corrected chi connectivity index (χ4v) is 3.54. The number of amides is 1. The summed E-state index contributed by atoms with van der Waals surface area (Å²) in [6.07, 6.45) is 2.38. The zero-order valence-corrected chi connectivity index (χ0v) is 18.8.